The molecule has 3 rings (SSSR count). The fourth-order valence-electron chi connectivity index (χ4n) is 3.18. The number of carbonyl (C=O) groups is 1. The Labute approximate surface area is 163 Å². The normalized spacial score (nSPS) is 14.8. The van der Waals surface area contributed by atoms with Crippen molar-refractivity contribution in [2.75, 3.05) is 11.9 Å². The zero-order chi connectivity index (χ0) is 17.1. The second kappa shape index (κ2) is 8.93. The lowest BCUT2D eigenvalue weighted by atomic mass is 9.94. The van der Waals surface area contributed by atoms with Gasteiger partial charge >= 0.3 is 5.97 Å². The second-order valence-electron chi connectivity index (χ2n) is 6.00. The summed E-state index contributed by atoms with van der Waals surface area (Å²) in [7, 11) is 0. The first kappa shape index (κ1) is 20.1. The summed E-state index contributed by atoms with van der Waals surface area (Å²) in [6, 6.07) is 3.92. The first-order valence-corrected chi connectivity index (χ1v) is 9.07. The van der Waals surface area contributed by atoms with Crippen molar-refractivity contribution < 1.29 is 9.53 Å². The van der Waals surface area contributed by atoms with Crippen LogP contribution in [0.4, 0.5) is 5.69 Å². The van der Waals surface area contributed by atoms with E-state index in [1.807, 2.05) is 6.07 Å². The lowest BCUT2D eigenvalue weighted by molar-refractivity contribution is 0.0527. The highest BCUT2D eigenvalue weighted by molar-refractivity contribution is 6.45. The number of ether oxygens (including phenoxy) is 1. The van der Waals surface area contributed by atoms with Crippen LogP contribution in [0, 0.1) is 0 Å². The number of hydrogen-bond acceptors (Lipinski definition) is 4. The molecule has 136 valence electrons. The van der Waals surface area contributed by atoms with E-state index in [1.165, 1.54) is 25.5 Å². The molecule has 1 saturated carbocycles. The first-order valence-electron chi connectivity index (χ1n) is 8.32. The molecule has 2 aromatic rings. The number of anilines is 1. The van der Waals surface area contributed by atoms with Gasteiger partial charge in [-0.2, -0.15) is 0 Å². The molecule has 1 aromatic heterocycles. The molecule has 0 radical (unpaired) electrons. The van der Waals surface area contributed by atoms with E-state index in [4.69, 9.17) is 27.9 Å². The molecule has 0 bridgehead atoms. The Bertz CT molecular complexity index is 762. The molecule has 1 heterocycles. The summed E-state index contributed by atoms with van der Waals surface area (Å²) in [5.74, 6) is -0.378. The van der Waals surface area contributed by atoms with Crippen LogP contribution in [-0.4, -0.2) is 23.6 Å². The number of fused-ring (bicyclic) bond motifs is 1. The van der Waals surface area contributed by atoms with Crippen molar-refractivity contribution in [3.05, 3.63) is 33.9 Å². The van der Waals surface area contributed by atoms with Gasteiger partial charge in [0.1, 0.15) is 5.56 Å². The number of esters is 1. The number of halogens is 3. The van der Waals surface area contributed by atoms with Crippen molar-refractivity contribution >= 4 is 58.2 Å². The highest BCUT2D eigenvalue weighted by Crippen LogP contribution is 2.36. The quantitative estimate of drug-likeness (QED) is 0.647. The molecule has 4 nitrogen and oxygen atoms in total. The van der Waals surface area contributed by atoms with E-state index in [-0.39, 0.29) is 18.4 Å². The molecule has 0 saturated heterocycles. The van der Waals surface area contributed by atoms with Crippen LogP contribution in [-0.2, 0) is 4.74 Å². The zero-order valence-electron chi connectivity index (χ0n) is 14.0. The maximum Gasteiger partial charge on any atom is 0.341 e. The fourth-order valence-corrected chi connectivity index (χ4v) is 3.54. The molecule has 7 heteroatoms. The van der Waals surface area contributed by atoms with Gasteiger partial charge in [-0.15, -0.1) is 12.4 Å². The first-order chi connectivity index (χ1) is 11.6. The maximum absolute atomic E-state index is 12.3. The van der Waals surface area contributed by atoms with Crippen LogP contribution in [0.1, 0.15) is 49.4 Å². The number of nitrogens with one attached hydrogen (secondary N) is 1. The Kier molecular flexibility index (Phi) is 7.17. The van der Waals surface area contributed by atoms with Crippen LogP contribution >= 0.6 is 35.6 Å². The number of pyridine rings is 1. The van der Waals surface area contributed by atoms with Gasteiger partial charge in [-0.25, -0.2) is 4.79 Å². The van der Waals surface area contributed by atoms with Gasteiger partial charge in [0.15, 0.2) is 0 Å². The van der Waals surface area contributed by atoms with Gasteiger partial charge in [0.2, 0.25) is 0 Å². The Hall–Kier alpha value is -1.23. The average molecular weight is 404 g/mol. The minimum atomic E-state index is -0.378. The summed E-state index contributed by atoms with van der Waals surface area (Å²) in [5, 5.41) is 5.18. The van der Waals surface area contributed by atoms with Crippen LogP contribution in [0.2, 0.25) is 10.0 Å². The van der Waals surface area contributed by atoms with Crippen LogP contribution in [0.3, 0.4) is 0 Å². The molecular weight excluding hydrogens is 383 g/mol. The molecule has 0 unspecified atom stereocenters. The fraction of sp³-hybridized carbons (Fsp3) is 0.444. The van der Waals surface area contributed by atoms with Crippen LogP contribution in [0.5, 0.6) is 0 Å². The predicted octanol–water partition coefficient (Wildman–Crippen LogP) is 5.88. The van der Waals surface area contributed by atoms with Crippen LogP contribution in [0.25, 0.3) is 10.9 Å². The third-order valence-corrected chi connectivity index (χ3v) is 5.17. The van der Waals surface area contributed by atoms with E-state index in [0.717, 1.165) is 23.9 Å². The predicted molar refractivity (Wildman–Crippen MR) is 105 cm³/mol. The number of benzene rings is 1. The van der Waals surface area contributed by atoms with Crippen molar-refractivity contribution in [1.82, 2.24) is 4.98 Å². The van der Waals surface area contributed by atoms with Crippen molar-refractivity contribution in [2.45, 2.75) is 45.1 Å². The van der Waals surface area contributed by atoms with Gasteiger partial charge in [-0.3, -0.25) is 4.98 Å². The summed E-state index contributed by atoms with van der Waals surface area (Å²) in [5.41, 5.74) is 1.77. The molecule has 1 N–H and O–H groups in total. The summed E-state index contributed by atoms with van der Waals surface area (Å²) < 4.78 is 5.18. The smallest absolute Gasteiger partial charge is 0.341 e. The molecule has 0 aliphatic heterocycles. The Morgan fingerprint density at radius 1 is 1.28 bits per heavy atom. The standard InChI is InChI=1S/C18H20Cl2N2O2.ClH/c1-2-24-18(23)13-10-21-17-12(8-9-14(19)15(17)20)16(13)22-11-6-4-3-5-7-11;/h8-11H,2-7H2,1H3,(H,21,22);1H. The van der Waals surface area contributed by atoms with Crippen molar-refractivity contribution in [1.29, 1.82) is 0 Å². The monoisotopic (exact) mass is 402 g/mol. The van der Waals surface area contributed by atoms with Crippen molar-refractivity contribution in [3.63, 3.8) is 0 Å². The lowest BCUT2D eigenvalue weighted by Gasteiger charge is -2.25. The van der Waals surface area contributed by atoms with E-state index >= 15 is 0 Å². The van der Waals surface area contributed by atoms with E-state index in [9.17, 15) is 4.79 Å². The number of rotatable bonds is 4. The number of hydrogen-bond donors (Lipinski definition) is 1. The number of aromatic nitrogens is 1. The van der Waals surface area contributed by atoms with E-state index < -0.39 is 0 Å². The number of nitrogens with zero attached hydrogens (tertiary/aromatic N) is 1. The Morgan fingerprint density at radius 2 is 2.00 bits per heavy atom. The minimum Gasteiger partial charge on any atom is -0.462 e. The highest BCUT2D eigenvalue weighted by Gasteiger charge is 2.22. The van der Waals surface area contributed by atoms with E-state index in [0.29, 0.717) is 33.8 Å². The van der Waals surface area contributed by atoms with Crippen molar-refractivity contribution in [3.8, 4) is 0 Å². The summed E-state index contributed by atoms with van der Waals surface area (Å²) >= 11 is 12.4. The average Bonchev–Trinajstić information content (AvgIpc) is 2.59. The minimum absolute atomic E-state index is 0. The van der Waals surface area contributed by atoms with Gasteiger partial charge in [-0.1, -0.05) is 42.5 Å². The largest absolute Gasteiger partial charge is 0.462 e. The highest BCUT2D eigenvalue weighted by atomic mass is 35.5. The van der Waals surface area contributed by atoms with Crippen molar-refractivity contribution in [2.24, 2.45) is 0 Å². The molecule has 1 fully saturated rings. The van der Waals surface area contributed by atoms with Gasteiger partial charge in [-0.05, 0) is 31.9 Å². The topological polar surface area (TPSA) is 51.2 Å². The Balaban J connectivity index is 0.00000225. The van der Waals surface area contributed by atoms with Crippen LogP contribution in [0.15, 0.2) is 18.3 Å². The SMILES string of the molecule is CCOC(=O)c1cnc2c(Cl)c(Cl)ccc2c1NC1CCCCC1.Cl. The third kappa shape index (κ3) is 4.30. The van der Waals surface area contributed by atoms with Gasteiger partial charge in [0.25, 0.3) is 0 Å². The van der Waals surface area contributed by atoms with Crippen LogP contribution < -0.4 is 5.32 Å². The van der Waals surface area contributed by atoms with Gasteiger partial charge in [0, 0.05) is 17.6 Å². The molecule has 0 amide bonds. The number of carbonyl (C=O) groups excluding carboxylic acids is 1. The Morgan fingerprint density at radius 3 is 2.68 bits per heavy atom. The summed E-state index contributed by atoms with van der Waals surface area (Å²) in [4.78, 5) is 16.7. The zero-order valence-corrected chi connectivity index (χ0v) is 16.3. The van der Waals surface area contributed by atoms with Gasteiger partial charge < -0.3 is 10.1 Å². The van der Waals surface area contributed by atoms with E-state index in [2.05, 4.69) is 10.3 Å². The molecule has 1 aliphatic rings. The third-order valence-electron chi connectivity index (χ3n) is 4.38. The molecule has 0 atom stereocenters. The van der Waals surface area contributed by atoms with E-state index in [1.54, 1.807) is 13.0 Å². The summed E-state index contributed by atoms with van der Waals surface area (Å²) in [6.07, 6.45) is 7.36. The maximum atomic E-state index is 12.3. The molecule has 25 heavy (non-hydrogen) atoms. The van der Waals surface area contributed by atoms with Gasteiger partial charge in [0.05, 0.1) is 27.9 Å². The molecule has 0 spiro atoms. The second-order valence-corrected chi connectivity index (χ2v) is 6.79. The lowest BCUT2D eigenvalue weighted by Crippen LogP contribution is -2.24. The summed E-state index contributed by atoms with van der Waals surface area (Å²) in [6.45, 7) is 2.11. The molecule has 1 aromatic carbocycles. The molecule has 1 aliphatic carbocycles. The molecular formula is C18H21Cl3N2O2.